The van der Waals surface area contributed by atoms with E-state index in [0.717, 1.165) is 16.8 Å². The highest BCUT2D eigenvalue weighted by Gasteiger charge is 2.25. The second kappa shape index (κ2) is 4.63. The summed E-state index contributed by atoms with van der Waals surface area (Å²) in [6, 6.07) is 0. The number of sulfone groups is 1. The smallest absolute Gasteiger partial charge is 0.248 e. The number of hydrogen-bond acceptors (Lipinski definition) is 6. The van der Waals surface area contributed by atoms with Gasteiger partial charge in [0.1, 0.15) is 20.6 Å². The second-order valence-corrected chi connectivity index (χ2v) is 7.88. The zero-order valence-electron chi connectivity index (χ0n) is 9.41. The van der Waals surface area contributed by atoms with Crippen LogP contribution in [0, 0.1) is 0 Å². The van der Waals surface area contributed by atoms with Crippen LogP contribution in [0.15, 0.2) is 11.1 Å². The summed E-state index contributed by atoms with van der Waals surface area (Å²) in [5.74, 6) is -0.322. The van der Waals surface area contributed by atoms with Crippen molar-refractivity contribution < 1.29 is 16.8 Å². The first-order valence-electron chi connectivity index (χ1n) is 4.57. The fourth-order valence-electron chi connectivity index (χ4n) is 1.07. The number of H-pyrrole nitrogens is 1. The van der Waals surface area contributed by atoms with E-state index >= 15 is 0 Å². The minimum absolute atomic E-state index is 0.0730. The summed E-state index contributed by atoms with van der Waals surface area (Å²) in [6.07, 6.45) is 2.13. The first-order valence-corrected chi connectivity index (χ1v) is 8.07. The van der Waals surface area contributed by atoms with Gasteiger partial charge in [-0.25, -0.2) is 16.8 Å². The fourth-order valence-corrected chi connectivity index (χ4v) is 2.97. The number of hydrogen-bond donors (Lipinski definition) is 2. The quantitative estimate of drug-likeness (QED) is 0.688. The maximum atomic E-state index is 11.9. The molecule has 0 saturated heterocycles. The van der Waals surface area contributed by atoms with E-state index in [0.29, 0.717) is 0 Å². The Morgan fingerprint density at radius 1 is 1.41 bits per heavy atom. The average Bonchev–Trinajstić information content (AvgIpc) is 2.60. The van der Waals surface area contributed by atoms with Gasteiger partial charge in [0.05, 0.1) is 11.9 Å². The Labute approximate surface area is 99.8 Å². The van der Waals surface area contributed by atoms with Crippen LogP contribution in [0.1, 0.15) is 0 Å². The van der Waals surface area contributed by atoms with Crippen molar-refractivity contribution in [3.63, 3.8) is 0 Å². The maximum Gasteiger partial charge on any atom is 0.248 e. The summed E-state index contributed by atoms with van der Waals surface area (Å²) in [6.45, 7) is -0.133. The van der Waals surface area contributed by atoms with Gasteiger partial charge in [0.25, 0.3) is 0 Å². The number of sulfonamides is 1. The lowest BCUT2D eigenvalue weighted by Crippen LogP contribution is -2.31. The van der Waals surface area contributed by atoms with Crippen LogP contribution in [-0.2, 0) is 19.9 Å². The number of anilines is 1. The molecule has 0 amide bonds. The molecule has 1 rings (SSSR count). The van der Waals surface area contributed by atoms with Crippen LogP contribution in [0.4, 0.5) is 5.82 Å². The first kappa shape index (κ1) is 13.9. The van der Waals surface area contributed by atoms with E-state index in [9.17, 15) is 16.8 Å². The van der Waals surface area contributed by atoms with Crippen molar-refractivity contribution in [1.82, 2.24) is 14.5 Å². The van der Waals surface area contributed by atoms with Gasteiger partial charge in [-0.1, -0.05) is 0 Å². The summed E-state index contributed by atoms with van der Waals surface area (Å²) < 4.78 is 46.7. The molecule has 1 aromatic heterocycles. The molecule has 0 aromatic carbocycles. The predicted molar refractivity (Wildman–Crippen MR) is 62.5 cm³/mol. The number of nitrogens with zero attached hydrogens (tertiary/aromatic N) is 2. The molecule has 0 spiro atoms. The maximum absolute atomic E-state index is 11.9. The van der Waals surface area contributed by atoms with E-state index in [-0.39, 0.29) is 23.0 Å². The Morgan fingerprint density at radius 3 is 2.41 bits per heavy atom. The zero-order chi connectivity index (χ0) is 13.3. The van der Waals surface area contributed by atoms with E-state index in [2.05, 4.69) is 10.2 Å². The third-order valence-corrected chi connectivity index (χ3v) is 4.91. The van der Waals surface area contributed by atoms with Gasteiger partial charge in [0, 0.05) is 19.8 Å². The lowest BCUT2D eigenvalue weighted by atomic mass is 10.7. The van der Waals surface area contributed by atoms with Gasteiger partial charge in [-0.05, 0) is 0 Å². The molecule has 0 saturated carbocycles. The lowest BCUT2D eigenvalue weighted by Gasteiger charge is -2.15. The summed E-state index contributed by atoms with van der Waals surface area (Å²) in [5.41, 5.74) is 5.40. The van der Waals surface area contributed by atoms with Crippen LogP contribution in [-0.4, -0.2) is 56.9 Å². The zero-order valence-corrected chi connectivity index (χ0v) is 11.0. The standard InChI is InChI=1S/C7H14N4O4S2/c1-11(3-4-16(2,12)13)17(14,15)6-5-9-10-7(6)8/h5H,3-4H2,1-2H3,(H3,8,9,10). The SMILES string of the molecule is CN(CCS(C)(=O)=O)S(=O)(=O)c1cn[nH]c1N. The highest BCUT2D eigenvalue weighted by atomic mass is 32.2. The summed E-state index contributed by atoms with van der Waals surface area (Å²) in [5, 5.41) is 5.81. The predicted octanol–water partition coefficient (Wildman–Crippen LogP) is -1.34. The van der Waals surface area contributed by atoms with Gasteiger partial charge in [0.2, 0.25) is 10.0 Å². The monoisotopic (exact) mass is 282 g/mol. The van der Waals surface area contributed by atoms with Crippen molar-refractivity contribution in [1.29, 1.82) is 0 Å². The van der Waals surface area contributed by atoms with Gasteiger partial charge >= 0.3 is 0 Å². The van der Waals surface area contributed by atoms with E-state index in [1.165, 1.54) is 7.05 Å². The fraction of sp³-hybridized carbons (Fsp3) is 0.571. The Hall–Kier alpha value is -1.13. The molecule has 1 aromatic rings. The third kappa shape index (κ3) is 3.41. The molecule has 0 atom stereocenters. The molecular weight excluding hydrogens is 268 g/mol. The summed E-state index contributed by atoms with van der Waals surface area (Å²) in [7, 11) is -5.73. The normalized spacial score (nSPS) is 13.1. The van der Waals surface area contributed by atoms with Crippen LogP contribution < -0.4 is 5.73 Å². The summed E-state index contributed by atoms with van der Waals surface area (Å²) >= 11 is 0. The number of aromatic nitrogens is 2. The minimum Gasteiger partial charge on any atom is -0.383 e. The van der Waals surface area contributed by atoms with E-state index in [1.54, 1.807) is 0 Å². The molecule has 0 unspecified atom stereocenters. The molecular formula is C7H14N4O4S2. The van der Waals surface area contributed by atoms with Crippen molar-refractivity contribution in [3.8, 4) is 0 Å². The van der Waals surface area contributed by atoms with Gasteiger partial charge in [0.15, 0.2) is 0 Å². The molecule has 0 aliphatic carbocycles. The van der Waals surface area contributed by atoms with E-state index in [4.69, 9.17) is 5.73 Å². The number of rotatable bonds is 5. The van der Waals surface area contributed by atoms with Crippen LogP contribution in [0.5, 0.6) is 0 Å². The molecule has 0 fully saturated rings. The van der Waals surface area contributed by atoms with Crippen LogP contribution in [0.25, 0.3) is 0 Å². The van der Waals surface area contributed by atoms with Gasteiger partial charge in [-0.3, -0.25) is 5.10 Å². The molecule has 8 nitrogen and oxygen atoms in total. The number of nitrogens with one attached hydrogen (secondary N) is 1. The molecule has 98 valence electrons. The highest BCUT2D eigenvalue weighted by molar-refractivity contribution is 7.91. The molecule has 0 radical (unpaired) electrons. The van der Waals surface area contributed by atoms with Crippen molar-refractivity contribution in [2.75, 3.05) is 31.3 Å². The third-order valence-electron chi connectivity index (χ3n) is 2.10. The Bertz CT molecular complexity index is 589. The van der Waals surface area contributed by atoms with Crippen molar-refractivity contribution in [2.24, 2.45) is 0 Å². The highest BCUT2D eigenvalue weighted by Crippen LogP contribution is 2.18. The number of nitrogens with two attached hydrogens (primary N) is 1. The molecule has 3 N–H and O–H groups in total. The lowest BCUT2D eigenvalue weighted by molar-refractivity contribution is 0.485. The largest absolute Gasteiger partial charge is 0.383 e. The van der Waals surface area contributed by atoms with Crippen LogP contribution in [0.3, 0.4) is 0 Å². The minimum atomic E-state index is -3.80. The molecule has 10 heteroatoms. The second-order valence-electron chi connectivity index (χ2n) is 3.60. The molecule has 17 heavy (non-hydrogen) atoms. The molecule has 1 heterocycles. The first-order chi connectivity index (χ1) is 7.64. The topological polar surface area (TPSA) is 126 Å². The van der Waals surface area contributed by atoms with Gasteiger partial charge in [-0.2, -0.15) is 9.40 Å². The van der Waals surface area contributed by atoms with Crippen molar-refractivity contribution in [3.05, 3.63) is 6.20 Å². The molecule has 0 bridgehead atoms. The molecule has 0 aliphatic heterocycles. The Balaban J connectivity index is 2.89. The summed E-state index contributed by atoms with van der Waals surface area (Å²) in [4.78, 5) is -0.159. The van der Waals surface area contributed by atoms with Crippen LogP contribution >= 0.6 is 0 Å². The van der Waals surface area contributed by atoms with E-state index in [1.807, 2.05) is 0 Å². The van der Waals surface area contributed by atoms with Gasteiger partial charge < -0.3 is 5.73 Å². The number of nitrogen functional groups attached to an aromatic ring is 1. The van der Waals surface area contributed by atoms with Gasteiger partial charge in [-0.15, -0.1) is 0 Å². The average molecular weight is 282 g/mol. The van der Waals surface area contributed by atoms with E-state index < -0.39 is 19.9 Å². The van der Waals surface area contributed by atoms with Crippen molar-refractivity contribution >= 4 is 25.7 Å². The molecule has 0 aliphatic rings. The number of aromatic amines is 1. The van der Waals surface area contributed by atoms with Crippen molar-refractivity contribution in [2.45, 2.75) is 4.90 Å². The Morgan fingerprint density at radius 2 is 2.00 bits per heavy atom. The van der Waals surface area contributed by atoms with Crippen LogP contribution in [0.2, 0.25) is 0 Å². The Kier molecular flexibility index (Phi) is 3.79.